The zero-order valence-corrected chi connectivity index (χ0v) is 12.7. The predicted molar refractivity (Wildman–Crippen MR) is 75.1 cm³/mol. The molecule has 0 unspecified atom stereocenters. The Kier molecular flexibility index (Phi) is 7.49. The molecule has 0 spiro atoms. The van der Waals surface area contributed by atoms with E-state index in [-0.39, 0.29) is 5.41 Å². The summed E-state index contributed by atoms with van der Waals surface area (Å²) in [5, 5.41) is 0. The number of hydrogen-bond donors (Lipinski definition) is 0. The van der Waals surface area contributed by atoms with Gasteiger partial charge in [0.05, 0.1) is 0 Å². The van der Waals surface area contributed by atoms with Crippen LogP contribution in [0.5, 0.6) is 0 Å². The van der Waals surface area contributed by atoms with Crippen molar-refractivity contribution in [2.24, 2.45) is 5.41 Å². The molecule has 0 N–H and O–H groups in total. The molecular formula is C15H31NO. The first kappa shape index (κ1) is 16.5. The molecule has 2 heteroatoms. The van der Waals surface area contributed by atoms with Crippen LogP contribution in [0.2, 0.25) is 0 Å². The van der Waals surface area contributed by atoms with Crippen LogP contribution in [-0.2, 0) is 4.79 Å². The van der Waals surface area contributed by atoms with Gasteiger partial charge in [-0.3, -0.25) is 4.79 Å². The van der Waals surface area contributed by atoms with Gasteiger partial charge in [-0.2, -0.15) is 0 Å². The molecule has 0 saturated carbocycles. The van der Waals surface area contributed by atoms with Gasteiger partial charge >= 0.3 is 0 Å². The summed E-state index contributed by atoms with van der Waals surface area (Å²) < 4.78 is 0. The van der Waals surface area contributed by atoms with Gasteiger partial charge in [-0.1, -0.05) is 48.0 Å². The van der Waals surface area contributed by atoms with Gasteiger partial charge in [0.1, 0.15) is 0 Å². The fraction of sp³-hybridized carbons (Fsp3) is 0.933. The summed E-state index contributed by atoms with van der Waals surface area (Å²) in [5.41, 5.74) is 0.0909. The SMILES string of the molecule is CCCCN(C(=O)CC(C)(C)C)C(CC)CC. The summed E-state index contributed by atoms with van der Waals surface area (Å²) in [6.45, 7) is 13.9. The fourth-order valence-corrected chi connectivity index (χ4v) is 2.12. The average molecular weight is 241 g/mol. The van der Waals surface area contributed by atoms with Crippen molar-refractivity contribution in [2.45, 2.75) is 79.7 Å². The molecule has 0 bridgehead atoms. The fourth-order valence-electron chi connectivity index (χ4n) is 2.12. The standard InChI is InChI=1S/C15H31NO/c1-7-10-11-16(13(8-2)9-3)14(17)12-15(4,5)6/h13H,7-12H2,1-6H3. The molecule has 0 aromatic heterocycles. The van der Waals surface area contributed by atoms with Crippen LogP contribution < -0.4 is 0 Å². The van der Waals surface area contributed by atoms with Crippen LogP contribution in [0.3, 0.4) is 0 Å². The molecule has 0 rings (SSSR count). The first-order valence-electron chi connectivity index (χ1n) is 7.15. The number of carbonyl (C=O) groups is 1. The molecule has 0 fully saturated rings. The minimum atomic E-state index is 0.0909. The highest BCUT2D eigenvalue weighted by Gasteiger charge is 2.24. The van der Waals surface area contributed by atoms with Gasteiger partial charge in [-0.15, -0.1) is 0 Å². The molecule has 0 atom stereocenters. The normalized spacial score (nSPS) is 11.9. The number of carbonyl (C=O) groups excluding carboxylic acids is 1. The predicted octanol–water partition coefficient (Wildman–Crippen LogP) is 4.24. The van der Waals surface area contributed by atoms with Gasteiger partial charge in [0, 0.05) is 19.0 Å². The lowest BCUT2D eigenvalue weighted by atomic mass is 9.91. The average Bonchev–Trinajstić information content (AvgIpc) is 2.21. The van der Waals surface area contributed by atoms with Crippen molar-refractivity contribution in [1.82, 2.24) is 4.90 Å². The molecule has 0 aliphatic rings. The third-order valence-electron chi connectivity index (χ3n) is 3.14. The van der Waals surface area contributed by atoms with E-state index in [9.17, 15) is 4.79 Å². The Morgan fingerprint density at radius 3 is 2.00 bits per heavy atom. The summed E-state index contributed by atoms with van der Waals surface area (Å²) in [6.07, 6.45) is 5.06. The highest BCUT2D eigenvalue weighted by Crippen LogP contribution is 2.22. The summed E-state index contributed by atoms with van der Waals surface area (Å²) >= 11 is 0. The molecular weight excluding hydrogens is 210 g/mol. The maximum atomic E-state index is 12.3. The van der Waals surface area contributed by atoms with E-state index in [0.717, 1.165) is 32.2 Å². The molecule has 0 radical (unpaired) electrons. The van der Waals surface area contributed by atoms with Crippen molar-refractivity contribution >= 4 is 5.91 Å². The zero-order valence-electron chi connectivity index (χ0n) is 12.7. The second kappa shape index (κ2) is 7.73. The third-order valence-corrected chi connectivity index (χ3v) is 3.14. The third kappa shape index (κ3) is 6.70. The van der Waals surface area contributed by atoms with E-state index in [1.165, 1.54) is 0 Å². The molecule has 0 aromatic rings. The van der Waals surface area contributed by atoms with Crippen molar-refractivity contribution in [3.63, 3.8) is 0 Å². The molecule has 0 heterocycles. The minimum Gasteiger partial charge on any atom is -0.340 e. The molecule has 1 amide bonds. The Bertz CT molecular complexity index is 213. The van der Waals surface area contributed by atoms with Crippen LogP contribution in [0, 0.1) is 5.41 Å². The highest BCUT2D eigenvalue weighted by molar-refractivity contribution is 5.77. The quantitative estimate of drug-likeness (QED) is 0.653. The highest BCUT2D eigenvalue weighted by atomic mass is 16.2. The molecule has 0 aromatic carbocycles. The Morgan fingerprint density at radius 1 is 1.12 bits per heavy atom. The summed E-state index contributed by atoms with van der Waals surface area (Å²) in [6, 6.07) is 0.427. The largest absolute Gasteiger partial charge is 0.340 e. The van der Waals surface area contributed by atoms with Gasteiger partial charge in [0.15, 0.2) is 0 Å². The first-order chi connectivity index (χ1) is 7.85. The van der Waals surface area contributed by atoms with Gasteiger partial charge in [0.2, 0.25) is 5.91 Å². The van der Waals surface area contributed by atoms with Crippen LogP contribution in [0.25, 0.3) is 0 Å². The van der Waals surface area contributed by atoms with Crippen molar-refractivity contribution < 1.29 is 4.79 Å². The van der Waals surface area contributed by atoms with Gasteiger partial charge in [-0.25, -0.2) is 0 Å². The van der Waals surface area contributed by atoms with Gasteiger partial charge < -0.3 is 4.90 Å². The van der Waals surface area contributed by atoms with E-state index in [1.807, 2.05) is 0 Å². The van der Waals surface area contributed by atoms with E-state index in [1.54, 1.807) is 0 Å². The molecule has 2 nitrogen and oxygen atoms in total. The molecule has 0 aliphatic carbocycles. The second-order valence-corrected chi connectivity index (χ2v) is 6.15. The lowest BCUT2D eigenvalue weighted by Crippen LogP contribution is -2.41. The number of rotatable bonds is 7. The van der Waals surface area contributed by atoms with E-state index in [4.69, 9.17) is 0 Å². The van der Waals surface area contributed by atoms with Crippen LogP contribution in [0.15, 0.2) is 0 Å². The topological polar surface area (TPSA) is 20.3 Å². The van der Waals surface area contributed by atoms with Crippen LogP contribution in [0.1, 0.15) is 73.6 Å². The summed E-state index contributed by atoms with van der Waals surface area (Å²) in [5.74, 6) is 0.333. The smallest absolute Gasteiger partial charge is 0.223 e. The monoisotopic (exact) mass is 241 g/mol. The summed E-state index contributed by atoms with van der Waals surface area (Å²) in [4.78, 5) is 14.5. The van der Waals surface area contributed by atoms with Crippen molar-refractivity contribution in [3.05, 3.63) is 0 Å². The van der Waals surface area contributed by atoms with Gasteiger partial charge in [0.25, 0.3) is 0 Å². The van der Waals surface area contributed by atoms with Gasteiger partial charge in [-0.05, 0) is 24.7 Å². The van der Waals surface area contributed by atoms with Crippen molar-refractivity contribution in [1.29, 1.82) is 0 Å². The lowest BCUT2D eigenvalue weighted by molar-refractivity contribution is -0.135. The van der Waals surface area contributed by atoms with Crippen LogP contribution in [-0.4, -0.2) is 23.4 Å². The van der Waals surface area contributed by atoms with E-state index < -0.39 is 0 Å². The van der Waals surface area contributed by atoms with Crippen LogP contribution in [0.4, 0.5) is 0 Å². The molecule has 0 saturated heterocycles. The number of unbranched alkanes of at least 4 members (excludes halogenated alkanes) is 1. The van der Waals surface area contributed by atoms with Crippen molar-refractivity contribution in [2.75, 3.05) is 6.54 Å². The number of nitrogens with zero attached hydrogens (tertiary/aromatic N) is 1. The van der Waals surface area contributed by atoms with E-state index >= 15 is 0 Å². The summed E-state index contributed by atoms with van der Waals surface area (Å²) in [7, 11) is 0. The maximum Gasteiger partial charge on any atom is 0.223 e. The Morgan fingerprint density at radius 2 is 1.65 bits per heavy atom. The maximum absolute atomic E-state index is 12.3. The number of hydrogen-bond acceptors (Lipinski definition) is 1. The molecule has 17 heavy (non-hydrogen) atoms. The zero-order chi connectivity index (χ0) is 13.5. The van der Waals surface area contributed by atoms with E-state index in [0.29, 0.717) is 18.4 Å². The number of amides is 1. The Balaban J connectivity index is 4.60. The Hall–Kier alpha value is -0.530. The molecule has 0 aliphatic heterocycles. The second-order valence-electron chi connectivity index (χ2n) is 6.15. The van der Waals surface area contributed by atoms with Crippen LogP contribution >= 0.6 is 0 Å². The minimum absolute atomic E-state index is 0.0909. The van der Waals surface area contributed by atoms with Crippen molar-refractivity contribution in [3.8, 4) is 0 Å². The Labute approximate surface area is 108 Å². The first-order valence-corrected chi connectivity index (χ1v) is 7.15. The lowest BCUT2D eigenvalue weighted by Gasteiger charge is -2.33. The molecule has 102 valence electrons. The van der Waals surface area contributed by atoms with E-state index in [2.05, 4.69) is 46.4 Å².